The predicted molar refractivity (Wildman–Crippen MR) is 104 cm³/mol. The number of carbonyl (C=O) groups is 1. The number of carbonyl (C=O) groups excluding carboxylic acids is 1. The molecule has 2 aliphatic heterocycles. The van der Waals surface area contributed by atoms with Gasteiger partial charge < -0.3 is 14.5 Å². The van der Waals surface area contributed by atoms with Crippen LogP contribution in [0.15, 0.2) is 12.3 Å². The summed E-state index contributed by atoms with van der Waals surface area (Å²) >= 11 is 1.81. The molecule has 4 heterocycles. The molecule has 2 aromatic rings. The zero-order valence-corrected chi connectivity index (χ0v) is 16.4. The Morgan fingerprint density at radius 2 is 2.07 bits per heavy atom. The van der Waals surface area contributed by atoms with Crippen molar-refractivity contribution in [3.05, 3.63) is 39.7 Å². The first-order valence-corrected chi connectivity index (χ1v) is 10.5. The Bertz CT molecular complexity index is 875. The molecule has 0 spiro atoms. The zero-order valence-electron chi connectivity index (χ0n) is 15.6. The number of rotatable bonds is 2. The van der Waals surface area contributed by atoms with Crippen molar-refractivity contribution in [1.82, 2.24) is 14.9 Å². The third-order valence-corrected chi connectivity index (χ3v) is 7.03. The topological polar surface area (TPSA) is 58.6 Å². The second-order valence-corrected chi connectivity index (χ2v) is 8.76. The monoisotopic (exact) mass is 384 g/mol. The van der Waals surface area contributed by atoms with Gasteiger partial charge in [-0.25, -0.2) is 4.98 Å². The normalized spacial score (nSPS) is 21.9. The molecule has 0 bridgehead atoms. The van der Waals surface area contributed by atoms with E-state index in [9.17, 15) is 4.79 Å². The standard InChI is InChI=1S/C20H24N4O2S/c1-13-8-15-11-24(12-16(15)10-21-13)19(25)14-2-3-18-17(9-14)22-20(27-18)23-4-6-26-7-5-23/h8,10,14H,2-7,9,11-12H2,1H3. The van der Waals surface area contributed by atoms with E-state index >= 15 is 0 Å². The number of anilines is 1. The van der Waals surface area contributed by atoms with E-state index in [0.29, 0.717) is 6.54 Å². The first-order valence-electron chi connectivity index (χ1n) is 9.72. The molecule has 0 aromatic carbocycles. The summed E-state index contributed by atoms with van der Waals surface area (Å²) in [5.74, 6) is 0.330. The van der Waals surface area contributed by atoms with Gasteiger partial charge in [0, 0.05) is 55.3 Å². The zero-order chi connectivity index (χ0) is 18.4. The third-order valence-electron chi connectivity index (χ3n) is 5.81. The highest BCUT2D eigenvalue weighted by atomic mass is 32.1. The molecule has 142 valence electrons. The Kier molecular flexibility index (Phi) is 4.36. The average molecular weight is 385 g/mol. The van der Waals surface area contributed by atoms with E-state index < -0.39 is 0 Å². The van der Waals surface area contributed by atoms with Crippen molar-refractivity contribution >= 4 is 22.4 Å². The molecular weight excluding hydrogens is 360 g/mol. The van der Waals surface area contributed by atoms with Crippen LogP contribution in [0.4, 0.5) is 5.13 Å². The van der Waals surface area contributed by atoms with E-state index in [1.165, 1.54) is 16.0 Å². The minimum atomic E-state index is 0.0560. The first-order chi connectivity index (χ1) is 13.2. The van der Waals surface area contributed by atoms with Crippen LogP contribution in [0.2, 0.25) is 0 Å². The number of hydrogen-bond acceptors (Lipinski definition) is 6. The molecule has 3 aliphatic rings. The minimum Gasteiger partial charge on any atom is -0.378 e. The highest BCUT2D eigenvalue weighted by molar-refractivity contribution is 7.15. The number of aryl methyl sites for hydroxylation is 2. The van der Waals surface area contributed by atoms with Gasteiger partial charge in [-0.3, -0.25) is 9.78 Å². The van der Waals surface area contributed by atoms with Gasteiger partial charge in [-0.1, -0.05) is 0 Å². The van der Waals surface area contributed by atoms with Gasteiger partial charge in [-0.05, 0) is 37.0 Å². The van der Waals surface area contributed by atoms with Crippen LogP contribution < -0.4 is 4.90 Å². The van der Waals surface area contributed by atoms with Gasteiger partial charge in [-0.2, -0.15) is 0 Å². The molecule has 1 aliphatic carbocycles. The summed E-state index contributed by atoms with van der Waals surface area (Å²) in [6.07, 6.45) is 4.60. The minimum absolute atomic E-state index is 0.0560. The smallest absolute Gasteiger partial charge is 0.226 e. The molecule has 2 aromatic heterocycles. The Hall–Kier alpha value is -1.99. The summed E-state index contributed by atoms with van der Waals surface area (Å²) in [6, 6.07) is 2.11. The number of morpholine rings is 1. The lowest BCUT2D eigenvalue weighted by atomic mass is 9.90. The second kappa shape index (κ2) is 6.87. The molecule has 0 saturated carbocycles. The van der Waals surface area contributed by atoms with Crippen LogP contribution in [-0.2, 0) is 35.5 Å². The Labute approximate surface area is 163 Å². The van der Waals surface area contributed by atoms with Crippen LogP contribution in [0.1, 0.15) is 33.8 Å². The number of pyridine rings is 1. The summed E-state index contributed by atoms with van der Waals surface area (Å²) < 4.78 is 5.44. The molecule has 1 atom stereocenters. The first kappa shape index (κ1) is 17.1. The summed E-state index contributed by atoms with van der Waals surface area (Å²) in [7, 11) is 0. The third kappa shape index (κ3) is 3.23. The van der Waals surface area contributed by atoms with E-state index in [1.54, 1.807) is 11.3 Å². The lowest BCUT2D eigenvalue weighted by Crippen LogP contribution is -2.36. The molecule has 0 radical (unpaired) electrons. The molecule has 7 heteroatoms. The second-order valence-electron chi connectivity index (χ2n) is 7.69. The molecule has 1 saturated heterocycles. The molecule has 6 nitrogen and oxygen atoms in total. The van der Waals surface area contributed by atoms with Crippen LogP contribution in [0.25, 0.3) is 0 Å². The fraction of sp³-hybridized carbons (Fsp3) is 0.550. The maximum atomic E-state index is 13.1. The fourth-order valence-electron chi connectivity index (χ4n) is 4.28. The van der Waals surface area contributed by atoms with E-state index in [4.69, 9.17) is 9.72 Å². The Morgan fingerprint density at radius 3 is 2.93 bits per heavy atom. The van der Waals surface area contributed by atoms with Gasteiger partial charge in [0.15, 0.2) is 5.13 Å². The van der Waals surface area contributed by atoms with Crippen LogP contribution in [0, 0.1) is 12.8 Å². The number of ether oxygens (including phenoxy) is 1. The molecule has 0 N–H and O–H groups in total. The Morgan fingerprint density at radius 1 is 1.26 bits per heavy atom. The number of thiazole rings is 1. The van der Waals surface area contributed by atoms with Crippen molar-refractivity contribution in [2.24, 2.45) is 5.92 Å². The summed E-state index contributed by atoms with van der Waals surface area (Å²) in [6.45, 7) is 6.78. The average Bonchev–Trinajstić information content (AvgIpc) is 3.31. The van der Waals surface area contributed by atoms with Crippen LogP contribution in [0.5, 0.6) is 0 Å². The molecular formula is C20H24N4O2S. The van der Waals surface area contributed by atoms with Gasteiger partial charge in [0.2, 0.25) is 5.91 Å². The predicted octanol–water partition coefficient (Wildman–Crippen LogP) is 2.33. The lowest BCUT2D eigenvalue weighted by Gasteiger charge is -2.26. The maximum Gasteiger partial charge on any atom is 0.226 e. The van der Waals surface area contributed by atoms with Gasteiger partial charge in [0.05, 0.1) is 18.9 Å². The fourth-order valence-corrected chi connectivity index (χ4v) is 5.44. The lowest BCUT2D eigenvalue weighted by molar-refractivity contribution is -0.136. The molecule has 5 rings (SSSR count). The number of hydrogen-bond donors (Lipinski definition) is 0. The summed E-state index contributed by atoms with van der Waals surface area (Å²) in [4.78, 5) is 28.1. The van der Waals surface area contributed by atoms with E-state index in [2.05, 4.69) is 16.0 Å². The van der Waals surface area contributed by atoms with E-state index in [0.717, 1.165) is 68.6 Å². The molecule has 1 fully saturated rings. The van der Waals surface area contributed by atoms with E-state index in [1.807, 2.05) is 18.0 Å². The molecule has 27 heavy (non-hydrogen) atoms. The van der Waals surface area contributed by atoms with Gasteiger partial charge >= 0.3 is 0 Å². The largest absolute Gasteiger partial charge is 0.378 e. The van der Waals surface area contributed by atoms with Crippen molar-refractivity contribution in [3.63, 3.8) is 0 Å². The van der Waals surface area contributed by atoms with Crippen molar-refractivity contribution in [2.45, 2.75) is 39.3 Å². The van der Waals surface area contributed by atoms with Crippen LogP contribution in [-0.4, -0.2) is 47.1 Å². The summed E-state index contributed by atoms with van der Waals surface area (Å²) in [5, 5.41) is 1.10. The van der Waals surface area contributed by atoms with Crippen molar-refractivity contribution in [1.29, 1.82) is 0 Å². The number of aromatic nitrogens is 2. The number of nitrogens with zero attached hydrogens (tertiary/aromatic N) is 4. The summed E-state index contributed by atoms with van der Waals surface area (Å²) in [5.41, 5.74) is 4.59. The van der Waals surface area contributed by atoms with Crippen molar-refractivity contribution in [2.75, 3.05) is 31.2 Å². The number of amides is 1. The van der Waals surface area contributed by atoms with Crippen molar-refractivity contribution < 1.29 is 9.53 Å². The molecule has 1 amide bonds. The highest BCUT2D eigenvalue weighted by Gasteiger charge is 2.33. The van der Waals surface area contributed by atoms with Crippen molar-refractivity contribution in [3.8, 4) is 0 Å². The van der Waals surface area contributed by atoms with Gasteiger partial charge in [0.25, 0.3) is 0 Å². The van der Waals surface area contributed by atoms with E-state index in [-0.39, 0.29) is 11.8 Å². The Balaban J connectivity index is 1.28. The maximum absolute atomic E-state index is 13.1. The highest BCUT2D eigenvalue weighted by Crippen LogP contribution is 2.36. The molecule has 1 unspecified atom stereocenters. The SMILES string of the molecule is Cc1cc2c(cn1)CN(C(=O)C1CCc3sc(N4CCOCC4)nc3C1)C2. The van der Waals surface area contributed by atoms with Crippen LogP contribution in [0.3, 0.4) is 0 Å². The number of fused-ring (bicyclic) bond motifs is 2. The van der Waals surface area contributed by atoms with Gasteiger partial charge in [-0.15, -0.1) is 11.3 Å². The van der Waals surface area contributed by atoms with Gasteiger partial charge in [0.1, 0.15) is 0 Å². The quantitative estimate of drug-likeness (QED) is 0.795. The van der Waals surface area contributed by atoms with Crippen LogP contribution >= 0.6 is 11.3 Å².